The van der Waals surface area contributed by atoms with Crippen molar-refractivity contribution in [1.29, 1.82) is 0 Å². The molecule has 3 fully saturated rings. The van der Waals surface area contributed by atoms with E-state index in [2.05, 4.69) is 48.5 Å². The Morgan fingerprint density at radius 1 is 0.744 bits per heavy atom. The fraction of sp³-hybridized carbons (Fsp3) is 0.595. The molecule has 3 aliphatic heterocycles. The number of H-pyrrole nitrogens is 2. The number of phosphoric acid groups is 3. The maximum absolute atomic E-state index is 14.4. The second-order valence-electron chi connectivity index (χ2n) is 18.1. The number of imidazole rings is 3. The molecule has 6 aromatic heterocycles. The van der Waals surface area contributed by atoms with Crippen molar-refractivity contribution in [2.45, 2.75) is 100 Å². The Labute approximate surface area is 436 Å². The van der Waals surface area contributed by atoms with E-state index < -0.39 is 141 Å². The summed E-state index contributed by atoms with van der Waals surface area (Å²) in [4.78, 5) is 98.2. The first-order chi connectivity index (χ1) is 36.6. The Bertz CT molecular complexity index is 3540. The highest BCUT2D eigenvalue weighted by Crippen LogP contribution is 2.68. The summed E-state index contributed by atoms with van der Waals surface area (Å²) in [6.07, 6.45) is -14.5. The molecule has 6 aromatic rings. The quantitative estimate of drug-likeness (QED) is 0.0280. The molecule has 3 saturated heterocycles. The number of aromatic nitrogens is 12. The minimum atomic E-state index is -6.17. The molecule has 78 heavy (non-hydrogen) atoms. The molecule has 0 aromatic carbocycles. The molecule has 0 saturated carbocycles. The van der Waals surface area contributed by atoms with Crippen LogP contribution in [0.15, 0.2) is 34.9 Å². The third kappa shape index (κ3) is 11.7. The lowest BCUT2D eigenvalue weighted by atomic mass is 10.1. The van der Waals surface area contributed by atoms with Crippen molar-refractivity contribution in [2.24, 2.45) is 7.05 Å². The number of nitrogens with one attached hydrogen (secondary N) is 2. The molecule has 9 rings (SSSR count). The van der Waals surface area contributed by atoms with E-state index in [1.54, 1.807) is 13.8 Å². The monoisotopic (exact) mass is 1190 g/mol. The molecule has 428 valence electrons. The van der Waals surface area contributed by atoms with E-state index in [9.17, 15) is 57.6 Å². The molecule has 0 amide bonds. The Morgan fingerprint density at radius 2 is 1.36 bits per heavy atom. The van der Waals surface area contributed by atoms with Crippen LogP contribution < -0.4 is 27.2 Å². The first-order valence-electron chi connectivity index (χ1n) is 23.0. The fourth-order valence-electron chi connectivity index (χ4n) is 9.25. The van der Waals surface area contributed by atoms with Gasteiger partial charge in [0.05, 0.1) is 45.2 Å². The largest absolute Gasteiger partial charge is 0.490 e. The fourth-order valence-corrected chi connectivity index (χ4v) is 14.2. The topological polar surface area (TPSA) is 505 Å². The molecule has 7 unspecified atom stereocenters. The molecule has 16 atom stereocenters. The number of nitrogens with zero attached hydrogens (tertiary/aromatic N) is 10. The van der Waals surface area contributed by atoms with Crippen molar-refractivity contribution < 1.29 is 103 Å². The molecule has 9 heterocycles. The number of nitrogens with two attached hydrogens (primary N) is 2. The van der Waals surface area contributed by atoms with Gasteiger partial charge >= 0.3 is 36.7 Å². The van der Waals surface area contributed by atoms with Crippen LogP contribution in [0.2, 0.25) is 0 Å². The third-order valence-electron chi connectivity index (χ3n) is 12.3. The first-order valence-corrected chi connectivity index (χ1v) is 29.2. The zero-order valence-corrected chi connectivity index (χ0v) is 45.1. The van der Waals surface area contributed by atoms with Gasteiger partial charge in [-0.05, 0) is 20.8 Å². The summed E-state index contributed by atoms with van der Waals surface area (Å²) in [5.41, 5.74) is 10.6. The summed E-state index contributed by atoms with van der Waals surface area (Å²) >= 11 is 0. The van der Waals surface area contributed by atoms with Crippen LogP contribution in [0, 0.1) is 6.92 Å². The Balaban J connectivity index is 0.901. The van der Waals surface area contributed by atoms with Gasteiger partial charge in [-0.15, -0.1) is 0 Å². The highest BCUT2D eigenvalue weighted by molar-refractivity contribution is 7.66. The number of nitrogen functional groups attached to an aromatic ring is 2. The van der Waals surface area contributed by atoms with Crippen molar-refractivity contribution in [3.05, 3.63) is 51.8 Å². The molecule has 0 radical (unpaired) electrons. The second kappa shape index (κ2) is 21.9. The van der Waals surface area contributed by atoms with Crippen LogP contribution in [-0.4, -0.2) is 178 Å². The van der Waals surface area contributed by atoms with Gasteiger partial charge in [0.2, 0.25) is 11.7 Å². The van der Waals surface area contributed by atoms with Gasteiger partial charge in [0.1, 0.15) is 72.6 Å². The third-order valence-corrected chi connectivity index (χ3v) is 18.0. The minimum Gasteiger partial charge on any atom is -0.386 e. The number of anilines is 2. The summed E-state index contributed by atoms with van der Waals surface area (Å²) in [5.74, 6) is -0.113. The molecule has 0 aliphatic carbocycles. The van der Waals surface area contributed by atoms with Crippen LogP contribution in [0.25, 0.3) is 33.5 Å². The number of aliphatic hydroxyl groups is 2. The van der Waals surface area contributed by atoms with Crippen LogP contribution in [0.3, 0.4) is 0 Å². The normalized spacial score (nSPS) is 29.9. The molecule has 3 aliphatic rings. The Kier molecular flexibility index (Phi) is 16.2. The number of aromatic amines is 2. The highest BCUT2D eigenvalue weighted by Gasteiger charge is 2.55. The average Bonchev–Trinajstić information content (AvgIpc) is 4.27. The van der Waals surface area contributed by atoms with Crippen molar-refractivity contribution in [3.63, 3.8) is 0 Å². The van der Waals surface area contributed by atoms with Crippen molar-refractivity contribution in [2.75, 3.05) is 45.1 Å². The van der Waals surface area contributed by atoms with Crippen LogP contribution >= 0.6 is 31.1 Å². The van der Waals surface area contributed by atoms with Crippen LogP contribution in [0.1, 0.15) is 38.4 Å². The van der Waals surface area contributed by atoms with Gasteiger partial charge in [0.25, 0.3) is 17.1 Å². The summed E-state index contributed by atoms with van der Waals surface area (Å²) in [6.45, 7) is 2.58. The number of fused-ring (bicyclic) bond motifs is 3. The standard InChI is InChI=1S/C37H52N14O23P4/c1-14(2)68-25-18(71-34(23(25)53)50-12-43-20-30(50)44-15(3)45-32(20)54)9-75(56,57)72-26-17(70-36(27(26)65-6)49-11-42-19-28(38)40-10-41-29(19)49)8-67-77(60,61)74-78(62,63)73-76(58,59)66-7-16-24(64-5)22(52)35(69-16)51-13-48(4)21-31(51)46-37(39)47-33(21)55/h10-14,16-18,22-27,34-36,52-53H,7-9H2,1-6H3,(H9-,38,39,40,41,44,45,46,47,54,55,56,57,58,59,60,61,62,63)/p+1/t16-,17-,18-,22+,23+,24?,25?,26?,27+,34-,35-,36-/m1/s1. The van der Waals surface area contributed by atoms with E-state index in [-0.39, 0.29) is 51.1 Å². The molecule has 12 N–H and O–H groups in total. The summed E-state index contributed by atoms with van der Waals surface area (Å²) in [6, 6.07) is 0. The number of aryl methyl sites for hydroxylation is 2. The van der Waals surface area contributed by atoms with E-state index in [0.717, 1.165) is 20.5 Å². The van der Waals surface area contributed by atoms with Crippen LogP contribution in [0.5, 0.6) is 0 Å². The van der Waals surface area contributed by atoms with Crippen molar-refractivity contribution in [3.8, 4) is 0 Å². The van der Waals surface area contributed by atoms with Gasteiger partial charge < -0.3 is 74.7 Å². The zero-order valence-electron chi connectivity index (χ0n) is 41.5. The van der Waals surface area contributed by atoms with Gasteiger partial charge in [-0.1, -0.05) is 4.98 Å². The van der Waals surface area contributed by atoms with E-state index in [4.69, 9.17) is 53.5 Å². The molecule has 37 nitrogen and oxygen atoms in total. The number of methoxy groups -OCH3 is 2. The maximum Gasteiger partial charge on any atom is 0.490 e. The predicted octanol–water partition coefficient (Wildman–Crippen LogP) is -1.83. The number of ether oxygens (including phenoxy) is 6. The van der Waals surface area contributed by atoms with E-state index >= 15 is 0 Å². The van der Waals surface area contributed by atoms with Gasteiger partial charge in [-0.2, -0.15) is 8.62 Å². The van der Waals surface area contributed by atoms with Gasteiger partial charge in [0, 0.05) is 14.2 Å². The molecule has 0 bridgehead atoms. The average molecular weight is 1190 g/mol. The Hall–Kier alpha value is -4.91. The van der Waals surface area contributed by atoms with E-state index in [1.807, 2.05) is 0 Å². The molecule has 41 heteroatoms. The van der Waals surface area contributed by atoms with Crippen molar-refractivity contribution in [1.82, 2.24) is 53.6 Å². The minimum absolute atomic E-state index is 0.0225. The van der Waals surface area contributed by atoms with Gasteiger partial charge in [-0.3, -0.25) is 46.4 Å². The van der Waals surface area contributed by atoms with E-state index in [1.165, 1.54) is 51.2 Å². The lowest BCUT2D eigenvalue weighted by molar-refractivity contribution is -0.745. The lowest BCUT2D eigenvalue weighted by Crippen LogP contribution is -2.46. The summed E-state index contributed by atoms with van der Waals surface area (Å²) in [7, 11) is -19.2. The van der Waals surface area contributed by atoms with Crippen LogP contribution in [-0.2, 0) is 75.9 Å². The van der Waals surface area contributed by atoms with Crippen molar-refractivity contribution >= 4 is 76.3 Å². The first kappa shape index (κ1) is 57.8. The van der Waals surface area contributed by atoms with Gasteiger partial charge in [0.15, 0.2) is 41.4 Å². The molecule has 0 spiro atoms. The lowest BCUT2D eigenvalue weighted by Gasteiger charge is -2.28. The summed E-state index contributed by atoms with van der Waals surface area (Å²) < 4.78 is 119. The van der Waals surface area contributed by atoms with Crippen LogP contribution in [0.4, 0.5) is 11.8 Å². The number of aliphatic hydroxyl groups excluding tert-OH is 2. The smallest absolute Gasteiger partial charge is 0.386 e. The summed E-state index contributed by atoms with van der Waals surface area (Å²) in [5, 5.41) is 22.7. The zero-order chi connectivity index (χ0) is 56.6. The number of hydrogen-bond donors (Lipinski definition) is 10. The maximum atomic E-state index is 14.4. The second-order valence-corrected chi connectivity index (χ2v) is 24.6. The number of hydrogen-bond acceptors (Lipinski definition) is 27. The number of rotatable bonds is 21. The SMILES string of the molecule is COC1[C@@H](COP(=O)(O)OP(=O)(O)OP(=O)(O)OC[C@H]2O[C@@H](n3cnc4c(N)ncnc43)[C@@H](OC)C2OP(=O)(O)C[C@H]2O[C@@H](n3cnc4c(=O)[nH]c(C)nc43)[C@@H](O)C2OC(C)C)O[C@@H]([n+]2cn(C)c3c(=O)[nH]c(N)nc32)[C@H]1O. The number of phosphoric ester groups is 2. The Morgan fingerprint density at radius 3 is 2.00 bits per heavy atom. The molecular weight excluding hydrogens is 1130 g/mol. The molecular formula is C37H53N14O23P4+. The van der Waals surface area contributed by atoms with Gasteiger partial charge in [-0.25, -0.2) is 43.2 Å². The predicted molar refractivity (Wildman–Crippen MR) is 257 cm³/mol. The van der Waals surface area contributed by atoms with E-state index in [0.29, 0.717) is 0 Å². The highest BCUT2D eigenvalue weighted by atomic mass is 31.3.